The van der Waals surface area contributed by atoms with Crippen molar-refractivity contribution in [3.05, 3.63) is 24.3 Å². The molecule has 0 aromatic heterocycles. The highest BCUT2D eigenvalue weighted by Crippen LogP contribution is 2.31. The molecule has 0 aliphatic heterocycles. The van der Waals surface area contributed by atoms with Crippen LogP contribution in [0.25, 0.3) is 0 Å². The van der Waals surface area contributed by atoms with Crippen molar-refractivity contribution < 1.29 is 19.8 Å². The lowest BCUT2D eigenvalue weighted by molar-refractivity contribution is -0.147. The van der Waals surface area contributed by atoms with Crippen LogP contribution < -0.4 is 5.32 Å². The van der Waals surface area contributed by atoms with Crippen LogP contribution in [0.5, 0.6) is 5.75 Å². The first-order valence-corrected chi connectivity index (χ1v) is 7.47. The summed E-state index contributed by atoms with van der Waals surface area (Å²) in [7, 11) is 0. The number of carboxylic acids is 1. The third kappa shape index (κ3) is 3.25. The SMILES string of the molecule is O=C(CSc1ccccc1O)NC1(C(=O)O)CCCC1. The first-order valence-electron chi connectivity index (χ1n) is 6.49. The first-order chi connectivity index (χ1) is 9.53. The Bertz CT molecular complexity index is 512. The number of hydrogen-bond acceptors (Lipinski definition) is 4. The van der Waals surface area contributed by atoms with Gasteiger partial charge in [0.05, 0.1) is 5.75 Å². The fourth-order valence-electron chi connectivity index (χ4n) is 2.40. The number of thioether (sulfide) groups is 1. The van der Waals surface area contributed by atoms with Crippen molar-refractivity contribution in [2.75, 3.05) is 5.75 Å². The Kier molecular flexibility index (Phi) is 4.54. The van der Waals surface area contributed by atoms with Gasteiger partial charge in [-0.25, -0.2) is 4.79 Å². The Morgan fingerprint density at radius 3 is 2.50 bits per heavy atom. The molecule has 108 valence electrons. The number of carbonyl (C=O) groups excluding carboxylic acids is 1. The fourth-order valence-corrected chi connectivity index (χ4v) is 3.15. The molecule has 1 amide bonds. The Hall–Kier alpha value is -1.69. The number of amides is 1. The van der Waals surface area contributed by atoms with Crippen LogP contribution in [0.3, 0.4) is 0 Å². The van der Waals surface area contributed by atoms with E-state index in [9.17, 15) is 19.8 Å². The van der Waals surface area contributed by atoms with E-state index in [0.717, 1.165) is 12.8 Å². The number of hydrogen-bond donors (Lipinski definition) is 3. The summed E-state index contributed by atoms with van der Waals surface area (Å²) in [6.45, 7) is 0. The summed E-state index contributed by atoms with van der Waals surface area (Å²) in [5.41, 5.74) is -1.10. The van der Waals surface area contributed by atoms with Crippen molar-refractivity contribution in [2.45, 2.75) is 36.1 Å². The molecule has 0 heterocycles. The standard InChI is InChI=1S/C14H17NO4S/c16-10-5-1-2-6-11(10)20-9-12(17)15-14(13(18)19)7-3-4-8-14/h1-2,5-6,16H,3-4,7-9H2,(H,15,17)(H,18,19). The summed E-state index contributed by atoms with van der Waals surface area (Å²) in [6, 6.07) is 6.75. The highest BCUT2D eigenvalue weighted by atomic mass is 32.2. The number of nitrogens with one attached hydrogen (secondary N) is 1. The molecule has 0 spiro atoms. The van der Waals surface area contributed by atoms with E-state index in [-0.39, 0.29) is 17.4 Å². The van der Waals surface area contributed by atoms with Gasteiger partial charge < -0.3 is 15.5 Å². The van der Waals surface area contributed by atoms with Gasteiger partial charge in [-0.3, -0.25) is 4.79 Å². The molecule has 0 unspecified atom stereocenters. The fraction of sp³-hybridized carbons (Fsp3) is 0.429. The Balaban J connectivity index is 1.92. The minimum atomic E-state index is -1.10. The molecule has 1 aromatic carbocycles. The van der Waals surface area contributed by atoms with Crippen molar-refractivity contribution in [3.8, 4) is 5.75 Å². The molecule has 20 heavy (non-hydrogen) atoms. The van der Waals surface area contributed by atoms with E-state index in [1.54, 1.807) is 24.3 Å². The van der Waals surface area contributed by atoms with Gasteiger partial charge in [0.1, 0.15) is 11.3 Å². The summed E-state index contributed by atoms with van der Waals surface area (Å²) in [6.07, 6.45) is 2.60. The topological polar surface area (TPSA) is 86.6 Å². The van der Waals surface area contributed by atoms with Crippen molar-refractivity contribution >= 4 is 23.6 Å². The van der Waals surface area contributed by atoms with E-state index in [1.807, 2.05) is 0 Å². The molecule has 1 fully saturated rings. The zero-order valence-electron chi connectivity index (χ0n) is 11.0. The van der Waals surface area contributed by atoms with Crippen molar-refractivity contribution in [2.24, 2.45) is 0 Å². The predicted octanol–water partition coefficient (Wildman–Crippen LogP) is 2.00. The van der Waals surface area contributed by atoms with Crippen LogP contribution in [0.15, 0.2) is 29.2 Å². The summed E-state index contributed by atoms with van der Waals surface area (Å²) in [4.78, 5) is 23.9. The number of phenolic OH excluding ortho intramolecular Hbond substituents is 1. The van der Waals surface area contributed by atoms with E-state index in [0.29, 0.717) is 17.7 Å². The summed E-state index contributed by atoms with van der Waals surface area (Å²) in [5, 5.41) is 21.5. The highest BCUT2D eigenvalue weighted by Gasteiger charge is 2.42. The second kappa shape index (κ2) is 6.17. The van der Waals surface area contributed by atoms with Crippen LogP contribution in [0.2, 0.25) is 0 Å². The zero-order valence-corrected chi connectivity index (χ0v) is 11.8. The molecule has 5 nitrogen and oxygen atoms in total. The van der Waals surface area contributed by atoms with Gasteiger partial charge in [-0.15, -0.1) is 11.8 Å². The number of carbonyl (C=O) groups is 2. The van der Waals surface area contributed by atoms with E-state index < -0.39 is 11.5 Å². The van der Waals surface area contributed by atoms with Crippen molar-refractivity contribution in [1.82, 2.24) is 5.32 Å². The van der Waals surface area contributed by atoms with E-state index in [2.05, 4.69) is 5.32 Å². The summed E-state index contributed by atoms with van der Waals surface area (Å²) >= 11 is 1.19. The van der Waals surface area contributed by atoms with Crippen molar-refractivity contribution in [1.29, 1.82) is 0 Å². The monoisotopic (exact) mass is 295 g/mol. The van der Waals surface area contributed by atoms with Gasteiger partial charge in [-0.2, -0.15) is 0 Å². The Morgan fingerprint density at radius 1 is 1.25 bits per heavy atom. The number of aliphatic carboxylic acids is 1. The number of rotatable bonds is 5. The average molecular weight is 295 g/mol. The van der Waals surface area contributed by atoms with Gasteiger partial charge in [0, 0.05) is 4.90 Å². The minimum absolute atomic E-state index is 0.0899. The lowest BCUT2D eigenvalue weighted by Gasteiger charge is -2.25. The molecule has 0 saturated heterocycles. The molecule has 0 bridgehead atoms. The van der Waals surface area contributed by atoms with Crippen LogP contribution in [0, 0.1) is 0 Å². The van der Waals surface area contributed by atoms with Gasteiger partial charge in [0.25, 0.3) is 0 Å². The lowest BCUT2D eigenvalue weighted by Crippen LogP contribution is -2.53. The number of para-hydroxylation sites is 1. The largest absolute Gasteiger partial charge is 0.507 e. The molecular weight excluding hydrogens is 278 g/mol. The number of aromatic hydroxyl groups is 1. The van der Waals surface area contributed by atoms with Gasteiger partial charge in [-0.1, -0.05) is 25.0 Å². The smallest absolute Gasteiger partial charge is 0.329 e. The molecule has 1 aliphatic carbocycles. The van der Waals surface area contributed by atoms with Crippen molar-refractivity contribution in [3.63, 3.8) is 0 Å². The van der Waals surface area contributed by atoms with Crippen LogP contribution in [0.1, 0.15) is 25.7 Å². The highest BCUT2D eigenvalue weighted by molar-refractivity contribution is 8.00. The average Bonchev–Trinajstić information content (AvgIpc) is 2.88. The van der Waals surface area contributed by atoms with Gasteiger partial charge in [-0.05, 0) is 25.0 Å². The predicted molar refractivity (Wildman–Crippen MR) is 75.8 cm³/mol. The van der Waals surface area contributed by atoms with E-state index in [4.69, 9.17) is 0 Å². The van der Waals surface area contributed by atoms with Crippen LogP contribution >= 0.6 is 11.8 Å². The molecule has 0 radical (unpaired) electrons. The van der Waals surface area contributed by atoms with E-state index in [1.165, 1.54) is 11.8 Å². The second-order valence-corrected chi connectivity index (χ2v) is 5.92. The molecule has 3 N–H and O–H groups in total. The molecule has 1 aliphatic rings. The number of phenols is 1. The van der Waals surface area contributed by atoms with Gasteiger partial charge >= 0.3 is 5.97 Å². The lowest BCUT2D eigenvalue weighted by atomic mass is 9.98. The molecular formula is C14H17NO4S. The van der Waals surface area contributed by atoms with Crippen LogP contribution in [0.4, 0.5) is 0 Å². The maximum absolute atomic E-state index is 11.9. The molecule has 2 rings (SSSR count). The quantitative estimate of drug-likeness (QED) is 0.723. The van der Waals surface area contributed by atoms with E-state index >= 15 is 0 Å². The maximum atomic E-state index is 11.9. The third-order valence-electron chi connectivity index (χ3n) is 3.47. The minimum Gasteiger partial charge on any atom is -0.507 e. The number of carboxylic acid groups (broad SMARTS) is 1. The molecule has 6 heteroatoms. The summed E-state index contributed by atoms with van der Waals surface area (Å²) in [5.74, 6) is -1.07. The summed E-state index contributed by atoms with van der Waals surface area (Å²) < 4.78 is 0. The Morgan fingerprint density at radius 2 is 1.90 bits per heavy atom. The van der Waals surface area contributed by atoms with Crippen LogP contribution in [-0.2, 0) is 9.59 Å². The molecule has 1 aromatic rings. The maximum Gasteiger partial charge on any atom is 0.329 e. The van der Waals surface area contributed by atoms with Gasteiger partial charge in [0.15, 0.2) is 0 Å². The molecule has 1 saturated carbocycles. The Labute approximate surface area is 121 Å². The van der Waals surface area contributed by atoms with Gasteiger partial charge in [0.2, 0.25) is 5.91 Å². The third-order valence-corrected chi connectivity index (χ3v) is 4.53. The first kappa shape index (κ1) is 14.7. The number of benzene rings is 1. The zero-order chi connectivity index (χ0) is 14.6. The van der Waals surface area contributed by atoms with Crippen LogP contribution in [-0.4, -0.2) is 33.4 Å². The normalized spacial score (nSPS) is 16.8. The molecule has 0 atom stereocenters. The second-order valence-electron chi connectivity index (χ2n) is 4.90.